The molecule has 0 bridgehead atoms. The van der Waals surface area contributed by atoms with E-state index in [9.17, 15) is 4.39 Å². The van der Waals surface area contributed by atoms with Crippen molar-refractivity contribution in [3.63, 3.8) is 0 Å². The van der Waals surface area contributed by atoms with Crippen LogP contribution in [0, 0.1) is 12.7 Å². The third kappa shape index (κ3) is 4.41. The second-order valence-corrected chi connectivity index (χ2v) is 6.11. The molecule has 2 N–H and O–H groups in total. The van der Waals surface area contributed by atoms with Gasteiger partial charge in [-0.05, 0) is 37.8 Å². The molecule has 3 rings (SSSR count). The van der Waals surface area contributed by atoms with Gasteiger partial charge in [-0.1, -0.05) is 31.0 Å². The number of aromatic nitrogens is 2. The molecular formula is C18H23FN4. The van der Waals surface area contributed by atoms with E-state index in [1.165, 1.54) is 31.7 Å². The molecule has 1 saturated carbocycles. The standard InChI is InChI=1S/C18H23FN4/c1-13-12-17(20-11-10-14-6-2-5-9-16(14)19)23-18(21-13)22-15-7-3-4-8-15/h2,5-6,9,12,15H,3-4,7-8,10-11H2,1H3,(H2,20,21,22,23). The average molecular weight is 314 g/mol. The molecule has 1 fully saturated rings. The Bertz CT molecular complexity index is 653. The van der Waals surface area contributed by atoms with Gasteiger partial charge in [0.2, 0.25) is 5.95 Å². The highest BCUT2D eigenvalue weighted by Gasteiger charge is 2.16. The smallest absolute Gasteiger partial charge is 0.225 e. The monoisotopic (exact) mass is 314 g/mol. The van der Waals surface area contributed by atoms with Gasteiger partial charge in [0.1, 0.15) is 11.6 Å². The van der Waals surface area contributed by atoms with E-state index >= 15 is 0 Å². The number of halogens is 1. The maximum absolute atomic E-state index is 13.6. The van der Waals surface area contributed by atoms with Gasteiger partial charge in [-0.3, -0.25) is 0 Å². The normalized spacial score (nSPS) is 14.9. The molecule has 0 amide bonds. The average Bonchev–Trinajstić information content (AvgIpc) is 3.01. The second-order valence-electron chi connectivity index (χ2n) is 6.11. The van der Waals surface area contributed by atoms with E-state index in [-0.39, 0.29) is 5.82 Å². The van der Waals surface area contributed by atoms with Crippen LogP contribution in [0.2, 0.25) is 0 Å². The Kier molecular flexibility index (Phi) is 5.05. The molecule has 1 aromatic carbocycles. The maximum atomic E-state index is 13.6. The van der Waals surface area contributed by atoms with Gasteiger partial charge in [0.15, 0.2) is 0 Å². The highest BCUT2D eigenvalue weighted by Crippen LogP contribution is 2.21. The Morgan fingerprint density at radius 3 is 2.74 bits per heavy atom. The van der Waals surface area contributed by atoms with Crippen molar-refractivity contribution >= 4 is 11.8 Å². The van der Waals surface area contributed by atoms with Crippen molar-refractivity contribution in [1.82, 2.24) is 9.97 Å². The van der Waals surface area contributed by atoms with Crippen LogP contribution in [0.15, 0.2) is 30.3 Å². The molecule has 5 heteroatoms. The minimum Gasteiger partial charge on any atom is -0.370 e. The molecule has 0 atom stereocenters. The van der Waals surface area contributed by atoms with Crippen LogP contribution in [0.4, 0.5) is 16.2 Å². The van der Waals surface area contributed by atoms with Crippen LogP contribution >= 0.6 is 0 Å². The lowest BCUT2D eigenvalue weighted by Crippen LogP contribution is -2.18. The molecule has 0 radical (unpaired) electrons. The Balaban J connectivity index is 1.59. The molecule has 0 unspecified atom stereocenters. The summed E-state index contributed by atoms with van der Waals surface area (Å²) < 4.78 is 13.6. The van der Waals surface area contributed by atoms with Crippen LogP contribution in [0.5, 0.6) is 0 Å². The van der Waals surface area contributed by atoms with Crippen LogP contribution in [0.25, 0.3) is 0 Å². The molecule has 0 saturated heterocycles. The molecule has 0 spiro atoms. The fourth-order valence-electron chi connectivity index (χ4n) is 3.00. The quantitative estimate of drug-likeness (QED) is 0.848. The van der Waals surface area contributed by atoms with Crippen molar-refractivity contribution in [3.8, 4) is 0 Å². The largest absolute Gasteiger partial charge is 0.370 e. The zero-order valence-electron chi connectivity index (χ0n) is 13.5. The number of rotatable bonds is 6. The molecule has 1 heterocycles. The molecular weight excluding hydrogens is 291 g/mol. The number of hydrogen-bond acceptors (Lipinski definition) is 4. The summed E-state index contributed by atoms with van der Waals surface area (Å²) in [7, 11) is 0. The van der Waals surface area contributed by atoms with Gasteiger partial charge >= 0.3 is 0 Å². The van der Waals surface area contributed by atoms with Crippen molar-refractivity contribution in [2.24, 2.45) is 0 Å². The van der Waals surface area contributed by atoms with E-state index in [4.69, 9.17) is 0 Å². The van der Waals surface area contributed by atoms with E-state index in [0.29, 0.717) is 25.0 Å². The van der Waals surface area contributed by atoms with E-state index in [2.05, 4.69) is 20.6 Å². The van der Waals surface area contributed by atoms with Crippen LogP contribution in [-0.2, 0) is 6.42 Å². The third-order valence-electron chi connectivity index (χ3n) is 4.20. The number of nitrogens with one attached hydrogen (secondary N) is 2. The van der Waals surface area contributed by atoms with Gasteiger partial charge in [-0.15, -0.1) is 0 Å². The minimum atomic E-state index is -0.156. The third-order valence-corrected chi connectivity index (χ3v) is 4.20. The molecule has 23 heavy (non-hydrogen) atoms. The first-order valence-corrected chi connectivity index (χ1v) is 8.30. The summed E-state index contributed by atoms with van der Waals surface area (Å²) in [5, 5.41) is 6.69. The first-order valence-electron chi connectivity index (χ1n) is 8.30. The fourth-order valence-corrected chi connectivity index (χ4v) is 3.00. The van der Waals surface area contributed by atoms with Crippen molar-refractivity contribution in [1.29, 1.82) is 0 Å². The molecule has 0 aliphatic heterocycles. The highest BCUT2D eigenvalue weighted by atomic mass is 19.1. The topological polar surface area (TPSA) is 49.8 Å². The van der Waals surface area contributed by atoms with E-state index in [0.717, 1.165) is 17.1 Å². The van der Waals surface area contributed by atoms with Crippen molar-refractivity contribution in [2.75, 3.05) is 17.2 Å². The minimum absolute atomic E-state index is 0.156. The number of aryl methyl sites for hydroxylation is 1. The number of anilines is 2. The first-order chi connectivity index (χ1) is 11.2. The molecule has 1 aliphatic rings. The molecule has 1 aliphatic carbocycles. The summed E-state index contributed by atoms with van der Waals surface area (Å²) in [5.41, 5.74) is 1.64. The molecule has 1 aromatic heterocycles. The number of benzene rings is 1. The van der Waals surface area contributed by atoms with Crippen LogP contribution in [-0.4, -0.2) is 22.6 Å². The number of hydrogen-bond donors (Lipinski definition) is 2. The fraction of sp³-hybridized carbons (Fsp3) is 0.444. The number of nitrogens with zero attached hydrogens (tertiary/aromatic N) is 2. The summed E-state index contributed by atoms with van der Waals surface area (Å²) in [5.74, 6) is 1.32. The Hall–Kier alpha value is -2.17. The lowest BCUT2D eigenvalue weighted by molar-refractivity contribution is 0.610. The Labute approximate surface area is 136 Å². The lowest BCUT2D eigenvalue weighted by Gasteiger charge is -2.14. The molecule has 122 valence electrons. The molecule has 2 aromatic rings. The van der Waals surface area contributed by atoms with Gasteiger partial charge in [0, 0.05) is 24.3 Å². The van der Waals surface area contributed by atoms with Gasteiger partial charge in [-0.25, -0.2) is 9.37 Å². The summed E-state index contributed by atoms with van der Waals surface area (Å²) >= 11 is 0. The van der Waals surface area contributed by atoms with Crippen molar-refractivity contribution < 1.29 is 4.39 Å². The second kappa shape index (κ2) is 7.40. The summed E-state index contributed by atoms with van der Waals surface area (Å²) in [4.78, 5) is 8.98. The highest BCUT2D eigenvalue weighted by molar-refractivity contribution is 5.42. The van der Waals surface area contributed by atoms with E-state index in [1.54, 1.807) is 6.07 Å². The summed E-state index contributed by atoms with van der Waals surface area (Å²) in [6.07, 6.45) is 5.55. The van der Waals surface area contributed by atoms with E-state index in [1.807, 2.05) is 25.1 Å². The first kappa shape index (κ1) is 15.7. The predicted molar refractivity (Wildman–Crippen MR) is 91.2 cm³/mol. The maximum Gasteiger partial charge on any atom is 0.225 e. The lowest BCUT2D eigenvalue weighted by atomic mass is 10.1. The predicted octanol–water partition coefficient (Wildman–Crippen LogP) is 3.93. The van der Waals surface area contributed by atoms with Gasteiger partial charge in [0.05, 0.1) is 0 Å². The van der Waals surface area contributed by atoms with Crippen molar-refractivity contribution in [2.45, 2.75) is 45.1 Å². The SMILES string of the molecule is Cc1cc(NCCc2ccccc2F)nc(NC2CCCC2)n1. The van der Waals surface area contributed by atoms with Crippen molar-refractivity contribution in [3.05, 3.63) is 47.4 Å². The van der Waals surface area contributed by atoms with Crippen LogP contribution < -0.4 is 10.6 Å². The zero-order chi connectivity index (χ0) is 16.1. The zero-order valence-corrected chi connectivity index (χ0v) is 13.5. The van der Waals surface area contributed by atoms with Gasteiger partial charge < -0.3 is 10.6 Å². The Morgan fingerprint density at radius 1 is 1.17 bits per heavy atom. The van der Waals surface area contributed by atoms with Gasteiger partial charge in [0.25, 0.3) is 0 Å². The van der Waals surface area contributed by atoms with Crippen LogP contribution in [0.1, 0.15) is 36.9 Å². The molecule has 4 nitrogen and oxygen atoms in total. The van der Waals surface area contributed by atoms with E-state index < -0.39 is 0 Å². The van der Waals surface area contributed by atoms with Gasteiger partial charge in [-0.2, -0.15) is 4.98 Å². The summed E-state index contributed by atoms with van der Waals surface area (Å²) in [6.45, 7) is 2.60. The Morgan fingerprint density at radius 2 is 1.96 bits per heavy atom. The van der Waals surface area contributed by atoms with Crippen LogP contribution in [0.3, 0.4) is 0 Å². The summed E-state index contributed by atoms with van der Waals surface area (Å²) in [6, 6.07) is 9.28.